The number of nitrogens with zero attached hydrogens (tertiary/aromatic N) is 2. The highest BCUT2D eigenvalue weighted by molar-refractivity contribution is 5.92. The van der Waals surface area contributed by atoms with E-state index in [-0.39, 0.29) is 5.91 Å². The van der Waals surface area contributed by atoms with E-state index in [2.05, 4.69) is 15.3 Å². The number of nitrogens with one attached hydrogen (secondary N) is 1. The van der Waals surface area contributed by atoms with Crippen molar-refractivity contribution in [1.29, 1.82) is 0 Å². The van der Waals surface area contributed by atoms with Gasteiger partial charge in [-0.1, -0.05) is 6.92 Å². The zero-order valence-electron chi connectivity index (χ0n) is 7.87. The quantitative estimate of drug-likeness (QED) is 0.750. The monoisotopic (exact) mass is 179 g/mol. The molecule has 13 heavy (non-hydrogen) atoms. The van der Waals surface area contributed by atoms with Gasteiger partial charge >= 0.3 is 0 Å². The van der Waals surface area contributed by atoms with Crippen LogP contribution in [0.4, 0.5) is 0 Å². The molecule has 0 bridgehead atoms. The van der Waals surface area contributed by atoms with Crippen molar-refractivity contribution < 1.29 is 4.79 Å². The number of aromatic nitrogens is 2. The first-order valence-electron chi connectivity index (χ1n) is 4.32. The van der Waals surface area contributed by atoms with Crippen LogP contribution in [0.3, 0.4) is 0 Å². The van der Waals surface area contributed by atoms with Gasteiger partial charge in [-0.15, -0.1) is 0 Å². The van der Waals surface area contributed by atoms with Crippen LogP contribution < -0.4 is 5.32 Å². The normalized spacial score (nSPS) is 9.69. The van der Waals surface area contributed by atoms with Crippen molar-refractivity contribution in [2.24, 2.45) is 0 Å². The summed E-state index contributed by atoms with van der Waals surface area (Å²) >= 11 is 0. The lowest BCUT2D eigenvalue weighted by Gasteiger charge is -2.02. The summed E-state index contributed by atoms with van der Waals surface area (Å²) in [5.74, 6) is 0.483. The van der Waals surface area contributed by atoms with Crippen LogP contribution in [0.5, 0.6) is 0 Å². The molecule has 4 heteroatoms. The maximum absolute atomic E-state index is 11.4. The summed E-state index contributed by atoms with van der Waals surface area (Å²) in [5, 5.41) is 2.75. The highest BCUT2D eigenvalue weighted by Gasteiger charge is 2.05. The topological polar surface area (TPSA) is 54.9 Å². The predicted molar refractivity (Wildman–Crippen MR) is 49.4 cm³/mol. The van der Waals surface area contributed by atoms with Gasteiger partial charge in [0.15, 0.2) is 0 Å². The molecule has 4 nitrogen and oxygen atoms in total. The van der Waals surface area contributed by atoms with Crippen LogP contribution in [-0.4, -0.2) is 22.4 Å². The lowest BCUT2D eigenvalue weighted by Crippen LogP contribution is -2.25. The van der Waals surface area contributed by atoms with Crippen LogP contribution in [-0.2, 0) is 0 Å². The van der Waals surface area contributed by atoms with Gasteiger partial charge in [-0.3, -0.25) is 4.79 Å². The Hall–Kier alpha value is -1.45. The zero-order chi connectivity index (χ0) is 9.68. The van der Waals surface area contributed by atoms with Crippen molar-refractivity contribution >= 4 is 5.91 Å². The molecule has 0 radical (unpaired) electrons. The number of amides is 1. The summed E-state index contributed by atoms with van der Waals surface area (Å²) in [6.07, 6.45) is 2.51. The first-order chi connectivity index (χ1) is 6.24. The zero-order valence-corrected chi connectivity index (χ0v) is 7.87. The van der Waals surface area contributed by atoms with Crippen LogP contribution in [0.1, 0.15) is 29.7 Å². The smallest absolute Gasteiger partial charge is 0.270 e. The van der Waals surface area contributed by atoms with Crippen molar-refractivity contribution in [1.82, 2.24) is 15.3 Å². The van der Waals surface area contributed by atoms with E-state index < -0.39 is 0 Å². The largest absolute Gasteiger partial charge is 0.351 e. The van der Waals surface area contributed by atoms with Crippen LogP contribution in [0, 0.1) is 6.92 Å². The molecule has 1 aromatic heterocycles. The van der Waals surface area contributed by atoms with Gasteiger partial charge in [-0.25, -0.2) is 9.97 Å². The predicted octanol–water partition coefficient (Wildman–Crippen LogP) is 0.925. The van der Waals surface area contributed by atoms with Gasteiger partial charge in [-0.2, -0.15) is 0 Å². The number of hydrogen-bond donors (Lipinski definition) is 1. The van der Waals surface area contributed by atoms with E-state index in [1.165, 1.54) is 0 Å². The highest BCUT2D eigenvalue weighted by Crippen LogP contribution is 1.94. The summed E-state index contributed by atoms with van der Waals surface area (Å²) in [6, 6.07) is 1.61. The SMILES string of the molecule is CCCNC(=O)c1ccnc(C)n1. The van der Waals surface area contributed by atoms with Gasteiger partial charge in [0.2, 0.25) is 0 Å². The molecule has 0 aliphatic carbocycles. The van der Waals surface area contributed by atoms with Gasteiger partial charge in [0, 0.05) is 12.7 Å². The molecular weight excluding hydrogens is 166 g/mol. The third-order valence-electron chi connectivity index (χ3n) is 1.54. The number of hydrogen-bond acceptors (Lipinski definition) is 3. The van der Waals surface area contributed by atoms with Gasteiger partial charge in [0.1, 0.15) is 11.5 Å². The second kappa shape index (κ2) is 4.54. The standard InChI is InChI=1S/C9H13N3O/c1-3-5-11-9(13)8-4-6-10-7(2)12-8/h4,6H,3,5H2,1-2H3,(H,11,13). The fourth-order valence-electron chi connectivity index (χ4n) is 0.912. The van der Waals surface area contributed by atoms with E-state index in [4.69, 9.17) is 0 Å². The molecule has 1 heterocycles. The van der Waals surface area contributed by atoms with Crippen molar-refractivity contribution in [3.05, 3.63) is 23.8 Å². The number of carbonyl (C=O) groups is 1. The summed E-state index contributed by atoms with van der Waals surface area (Å²) in [7, 11) is 0. The Balaban J connectivity index is 2.66. The molecule has 0 aliphatic heterocycles. The lowest BCUT2D eigenvalue weighted by atomic mass is 10.3. The minimum absolute atomic E-state index is 0.132. The van der Waals surface area contributed by atoms with Crippen molar-refractivity contribution in [3.8, 4) is 0 Å². The molecule has 0 aromatic carbocycles. The van der Waals surface area contributed by atoms with Gasteiger partial charge < -0.3 is 5.32 Å². The molecule has 1 rings (SSSR count). The molecule has 1 aromatic rings. The Morgan fingerprint density at radius 2 is 2.38 bits per heavy atom. The van der Waals surface area contributed by atoms with Crippen LogP contribution in [0.25, 0.3) is 0 Å². The van der Waals surface area contributed by atoms with Crippen molar-refractivity contribution in [3.63, 3.8) is 0 Å². The maximum atomic E-state index is 11.4. The fraction of sp³-hybridized carbons (Fsp3) is 0.444. The minimum Gasteiger partial charge on any atom is -0.351 e. The number of carbonyl (C=O) groups excluding carboxylic acids is 1. The van der Waals surface area contributed by atoms with E-state index in [1.54, 1.807) is 19.2 Å². The first-order valence-corrected chi connectivity index (χ1v) is 4.32. The summed E-state index contributed by atoms with van der Waals surface area (Å²) < 4.78 is 0. The Bertz CT molecular complexity index is 299. The molecule has 0 unspecified atom stereocenters. The van der Waals surface area contributed by atoms with E-state index in [0.29, 0.717) is 18.1 Å². The first kappa shape index (κ1) is 9.64. The molecule has 0 atom stereocenters. The van der Waals surface area contributed by atoms with E-state index in [9.17, 15) is 4.79 Å². The second-order valence-electron chi connectivity index (χ2n) is 2.74. The van der Waals surface area contributed by atoms with Gasteiger partial charge in [0.25, 0.3) is 5.91 Å². The van der Waals surface area contributed by atoms with Crippen LogP contribution >= 0.6 is 0 Å². The average Bonchev–Trinajstić information content (AvgIpc) is 2.14. The summed E-state index contributed by atoms with van der Waals surface area (Å²) in [6.45, 7) is 4.45. The molecule has 1 N–H and O–H groups in total. The Morgan fingerprint density at radius 1 is 1.62 bits per heavy atom. The Kier molecular flexibility index (Phi) is 3.37. The van der Waals surface area contributed by atoms with Crippen LogP contribution in [0.15, 0.2) is 12.3 Å². The minimum atomic E-state index is -0.132. The van der Waals surface area contributed by atoms with Crippen molar-refractivity contribution in [2.75, 3.05) is 6.54 Å². The molecule has 0 saturated heterocycles. The maximum Gasteiger partial charge on any atom is 0.270 e. The average molecular weight is 179 g/mol. The summed E-state index contributed by atoms with van der Waals surface area (Å²) in [5.41, 5.74) is 0.431. The number of aryl methyl sites for hydroxylation is 1. The van der Waals surface area contributed by atoms with E-state index >= 15 is 0 Å². The molecule has 0 saturated carbocycles. The molecule has 0 aliphatic rings. The molecule has 1 amide bonds. The molecular formula is C9H13N3O. The Morgan fingerprint density at radius 3 is 3.00 bits per heavy atom. The fourth-order valence-corrected chi connectivity index (χ4v) is 0.912. The third kappa shape index (κ3) is 2.82. The van der Waals surface area contributed by atoms with Crippen LogP contribution in [0.2, 0.25) is 0 Å². The summed E-state index contributed by atoms with van der Waals surface area (Å²) in [4.78, 5) is 19.3. The molecule has 0 spiro atoms. The van der Waals surface area contributed by atoms with E-state index in [0.717, 1.165) is 6.42 Å². The van der Waals surface area contributed by atoms with Crippen molar-refractivity contribution in [2.45, 2.75) is 20.3 Å². The van der Waals surface area contributed by atoms with Gasteiger partial charge in [0.05, 0.1) is 0 Å². The lowest BCUT2D eigenvalue weighted by molar-refractivity contribution is 0.0948. The number of rotatable bonds is 3. The molecule has 0 fully saturated rings. The Labute approximate surface area is 77.4 Å². The highest BCUT2D eigenvalue weighted by atomic mass is 16.1. The second-order valence-corrected chi connectivity index (χ2v) is 2.74. The third-order valence-corrected chi connectivity index (χ3v) is 1.54. The van der Waals surface area contributed by atoms with Gasteiger partial charge in [-0.05, 0) is 19.4 Å². The van der Waals surface area contributed by atoms with E-state index in [1.807, 2.05) is 6.92 Å². The molecule has 70 valence electrons.